The largest absolute Gasteiger partial charge is 0.477 e. The third-order valence-electron chi connectivity index (χ3n) is 5.08. The van der Waals surface area contributed by atoms with Crippen LogP contribution in [0.4, 0.5) is 0 Å². The van der Waals surface area contributed by atoms with Crippen molar-refractivity contribution in [3.05, 3.63) is 98.3 Å². The van der Waals surface area contributed by atoms with Crippen molar-refractivity contribution in [2.45, 2.75) is 12.5 Å². The van der Waals surface area contributed by atoms with Crippen molar-refractivity contribution < 1.29 is 14.7 Å². The number of rotatable bonds is 7. The van der Waals surface area contributed by atoms with Gasteiger partial charge in [0, 0.05) is 31.9 Å². The second-order valence-electron chi connectivity index (χ2n) is 7.20. The molecule has 0 aliphatic heterocycles. The highest BCUT2D eigenvalue weighted by atomic mass is 35.5. The van der Waals surface area contributed by atoms with Crippen LogP contribution < -0.4 is 5.32 Å². The van der Waals surface area contributed by atoms with Crippen molar-refractivity contribution >= 4 is 62.9 Å². The second kappa shape index (κ2) is 9.20. The number of fused-ring (bicyclic) bond motifs is 1. The Bertz CT molecular complexity index is 1310. The molecule has 0 aliphatic rings. The smallest absolute Gasteiger partial charge is 0.352 e. The number of aromatic amines is 1. The minimum absolute atomic E-state index is 0.00694. The molecular weight excluding hydrogens is 467 g/mol. The first-order valence-corrected chi connectivity index (χ1v) is 11.3. The maximum atomic E-state index is 13.3. The first-order valence-electron chi connectivity index (χ1n) is 9.66. The van der Waals surface area contributed by atoms with E-state index in [2.05, 4.69) is 16.9 Å². The summed E-state index contributed by atoms with van der Waals surface area (Å²) in [6.45, 7) is 3.91. The third kappa shape index (κ3) is 4.43. The van der Waals surface area contributed by atoms with Gasteiger partial charge in [0.15, 0.2) is 0 Å². The van der Waals surface area contributed by atoms with Gasteiger partial charge >= 0.3 is 5.97 Å². The molecule has 0 aliphatic carbocycles. The van der Waals surface area contributed by atoms with Gasteiger partial charge in [-0.15, -0.1) is 11.3 Å². The first kappa shape index (κ1) is 22.1. The van der Waals surface area contributed by atoms with Crippen molar-refractivity contribution in [3.63, 3.8) is 0 Å². The Morgan fingerprint density at radius 2 is 1.88 bits per heavy atom. The Morgan fingerprint density at radius 1 is 1.12 bits per heavy atom. The number of carboxylic acid groups (broad SMARTS) is 1. The Balaban J connectivity index is 1.70. The zero-order valence-electron chi connectivity index (χ0n) is 16.7. The molecule has 1 atom stereocenters. The normalized spacial score (nSPS) is 11.9. The number of carboxylic acids is 1. The number of carbonyl (C=O) groups excluding carboxylic acids is 1. The molecule has 5 nitrogen and oxygen atoms in total. The number of hydrogen-bond acceptors (Lipinski definition) is 3. The number of aromatic nitrogens is 1. The molecule has 1 amide bonds. The SMILES string of the molecule is C=C(C(=O)NC(Cc1ccccc1)c1cccs1)c1c(C(=O)O)[nH]c2cc(Cl)cc(Cl)c12. The number of thiophene rings is 1. The molecule has 0 fully saturated rings. The Labute approximate surface area is 198 Å². The summed E-state index contributed by atoms with van der Waals surface area (Å²) in [6.07, 6.45) is 0.580. The number of halogens is 2. The number of benzene rings is 2. The van der Waals surface area contributed by atoms with Crippen LogP contribution in [0.15, 0.2) is 66.6 Å². The summed E-state index contributed by atoms with van der Waals surface area (Å²) in [4.78, 5) is 28.9. The van der Waals surface area contributed by atoms with E-state index in [-0.39, 0.29) is 27.9 Å². The van der Waals surface area contributed by atoms with E-state index in [1.54, 1.807) is 6.07 Å². The van der Waals surface area contributed by atoms with Crippen LogP contribution in [0, 0.1) is 0 Å². The Kier molecular flexibility index (Phi) is 6.37. The molecule has 0 saturated carbocycles. The lowest BCUT2D eigenvalue weighted by Gasteiger charge is -2.19. The monoisotopic (exact) mass is 484 g/mol. The quantitative estimate of drug-likeness (QED) is 0.267. The molecule has 2 heterocycles. The number of nitrogens with one attached hydrogen (secondary N) is 2. The van der Waals surface area contributed by atoms with E-state index < -0.39 is 11.9 Å². The molecule has 2 aromatic carbocycles. The fourth-order valence-corrected chi connectivity index (χ4v) is 5.00. The zero-order chi connectivity index (χ0) is 22.8. The molecule has 3 N–H and O–H groups in total. The van der Waals surface area contributed by atoms with Gasteiger partial charge in [-0.05, 0) is 35.6 Å². The van der Waals surface area contributed by atoms with E-state index in [1.165, 1.54) is 17.4 Å². The van der Waals surface area contributed by atoms with E-state index >= 15 is 0 Å². The van der Waals surface area contributed by atoms with E-state index in [0.717, 1.165) is 10.4 Å². The van der Waals surface area contributed by atoms with Crippen molar-refractivity contribution in [2.75, 3.05) is 0 Å². The van der Waals surface area contributed by atoms with Crippen molar-refractivity contribution in [2.24, 2.45) is 0 Å². The number of aromatic carboxylic acids is 1. The van der Waals surface area contributed by atoms with Crippen LogP contribution in [0.1, 0.15) is 32.5 Å². The minimum atomic E-state index is -1.23. The van der Waals surface area contributed by atoms with Crippen LogP contribution >= 0.6 is 34.5 Å². The molecule has 162 valence electrons. The molecule has 4 rings (SSSR count). The number of hydrogen-bond donors (Lipinski definition) is 3. The Morgan fingerprint density at radius 3 is 2.53 bits per heavy atom. The maximum absolute atomic E-state index is 13.3. The topological polar surface area (TPSA) is 82.2 Å². The molecular formula is C24H18Cl2N2O3S. The van der Waals surface area contributed by atoms with E-state index in [4.69, 9.17) is 23.2 Å². The van der Waals surface area contributed by atoms with Gasteiger partial charge in [0.25, 0.3) is 5.91 Å². The fourth-order valence-electron chi connectivity index (χ4n) is 3.63. The lowest BCUT2D eigenvalue weighted by atomic mass is 10.0. The summed E-state index contributed by atoms with van der Waals surface area (Å²) < 4.78 is 0. The van der Waals surface area contributed by atoms with Crippen LogP contribution in [0.3, 0.4) is 0 Å². The highest BCUT2D eigenvalue weighted by molar-refractivity contribution is 7.10. The summed E-state index contributed by atoms with van der Waals surface area (Å²) in [7, 11) is 0. The lowest BCUT2D eigenvalue weighted by molar-refractivity contribution is -0.116. The fraction of sp³-hybridized carbons (Fsp3) is 0.0833. The maximum Gasteiger partial charge on any atom is 0.352 e. The third-order valence-corrected chi connectivity index (χ3v) is 6.58. The summed E-state index contributed by atoms with van der Waals surface area (Å²) >= 11 is 14.0. The van der Waals surface area contributed by atoms with Crippen LogP contribution in [-0.2, 0) is 11.2 Å². The van der Waals surface area contributed by atoms with Gasteiger partial charge in [-0.1, -0.05) is 66.2 Å². The van der Waals surface area contributed by atoms with Gasteiger partial charge in [-0.2, -0.15) is 0 Å². The van der Waals surface area contributed by atoms with Gasteiger partial charge in [-0.25, -0.2) is 4.79 Å². The number of carbonyl (C=O) groups is 2. The molecule has 8 heteroatoms. The van der Waals surface area contributed by atoms with E-state index in [0.29, 0.717) is 22.3 Å². The van der Waals surface area contributed by atoms with Gasteiger partial charge in [0.05, 0.1) is 11.1 Å². The average molecular weight is 485 g/mol. The Hall–Kier alpha value is -3.06. The summed E-state index contributed by atoms with van der Waals surface area (Å²) in [6, 6.07) is 16.5. The van der Waals surface area contributed by atoms with Crippen LogP contribution in [0.25, 0.3) is 16.5 Å². The highest BCUT2D eigenvalue weighted by Crippen LogP contribution is 2.36. The molecule has 32 heavy (non-hydrogen) atoms. The lowest BCUT2D eigenvalue weighted by Crippen LogP contribution is -2.30. The van der Waals surface area contributed by atoms with Gasteiger partial charge in [0.2, 0.25) is 0 Å². The summed E-state index contributed by atoms with van der Waals surface area (Å²) in [5.41, 5.74) is 1.47. The van der Waals surface area contributed by atoms with E-state index in [1.807, 2.05) is 47.8 Å². The molecule has 0 bridgehead atoms. The molecule has 0 saturated heterocycles. The minimum Gasteiger partial charge on any atom is -0.477 e. The average Bonchev–Trinajstić information content (AvgIpc) is 3.41. The second-order valence-corrected chi connectivity index (χ2v) is 9.02. The standard InChI is InChI=1S/C24H18Cl2N2O3S/c1-13(20-21-16(26)11-15(25)12-18(21)27-22(20)24(30)31)23(29)28-17(19-8-5-9-32-19)10-14-6-3-2-4-7-14/h2-9,11-12,17,27H,1,10H2,(H,28,29)(H,30,31). The van der Waals surface area contributed by atoms with Gasteiger partial charge < -0.3 is 15.4 Å². The predicted molar refractivity (Wildman–Crippen MR) is 130 cm³/mol. The highest BCUT2D eigenvalue weighted by Gasteiger charge is 2.26. The van der Waals surface area contributed by atoms with Crippen LogP contribution in [-0.4, -0.2) is 22.0 Å². The molecule has 1 unspecified atom stereocenters. The molecule has 0 radical (unpaired) electrons. The number of amides is 1. The van der Waals surface area contributed by atoms with Crippen molar-refractivity contribution in [1.82, 2.24) is 10.3 Å². The molecule has 4 aromatic rings. The van der Waals surface area contributed by atoms with E-state index in [9.17, 15) is 14.7 Å². The van der Waals surface area contributed by atoms with Gasteiger partial charge in [0.1, 0.15) is 5.69 Å². The summed E-state index contributed by atoms with van der Waals surface area (Å²) in [5, 5.41) is 15.6. The molecule has 0 spiro atoms. The first-order chi connectivity index (χ1) is 15.3. The molecule has 2 aromatic heterocycles. The van der Waals surface area contributed by atoms with Crippen LogP contribution in [0.2, 0.25) is 10.0 Å². The van der Waals surface area contributed by atoms with Crippen molar-refractivity contribution in [3.8, 4) is 0 Å². The van der Waals surface area contributed by atoms with Crippen LogP contribution in [0.5, 0.6) is 0 Å². The van der Waals surface area contributed by atoms with Crippen molar-refractivity contribution in [1.29, 1.82) is 0 Å². The zero-order valence-corrected chi connectivity index (χ0v) is 19.0. The summed E-state index contributed by atoms with van der Waals surface area (Å²) in [5.74, 6) is -1.70. The number of H-pyrrole nitrogens is 1. The van der Waals surface area contributed by atoms with Gasteiger partial charge in [-0.3, -0.25) is 4.79 Å². The predicted octanol–water partition coefficient (Wildman–Crippen LogP) is 6.35.